The van der Waals surface area contributed by atoms with E-state index in [1.165, 1.54) is 17.2 Å². The maximum atomic E-state index is 13.3. The number of hydrogen-bond donors (Lipinski definition) is 3. The molecule has 0 saturated carbocycles. The summed E-state index contributed by atoms with van der Waals surface area (Å²) in [4.78, 5) is 46.3. The number of anilines is 1. The average molecular weight is 499 g/mol. The minimum absolute atomic E-state index is 0.189. The van der Waals surface area contributed by atoms with Gasteiger partial charge in [-0.05, 0) is 54.3 Å². The molecule has 3 aromatic rings. The van der Waals surface area contributed by atoms with E-state index in [-0.39, 0.29) is 30.4 Å². The SMILES string of the molecule is CN1C(=O)[C@H](NC(=O)c2cc(Cc3cccc(=O)[nH]3)ccn2)CCc2ccc(C#CC3(O)COC3)cc21. The predicted octanol–water partition coefficient (Wildman–Crippen LogP) is 1.18. The van der Waals surface area contributed by atoms with Crippen LogP contribution in [0, 0.1) is 11.8 Å². The van der Waals surface area contributed by atoms with E-state index in [1.54, 1.807) is 31.3 Å². The molecule has 188 valence electrons. The monoisotopic (exact) mass is 498 g/mol. The van der Waals surface area contributed by atoms with E-state index >= 15 is 0 Å². The lowest BCUT2D eigenvalue weighted by atomic mass is 10.0. The van der Waals surface area contributed by atoms with Crippen molar-refractivity contribution in [3.8, 4) is 11.8 Å². The highest BCUT2D eigenvalue weighted by atomic mass is 16.5. The summed E-state index contributed by atoms with van der Waals surface area (Å²) in [5.41, 5.74) is 2.81. The Morgan fingerprint density at radius 3 is 2.84 bits per heavy atom. The molecular formula is C28H26N4O5. The van der Waals surface area contributed by atoms with E-state index in [2.05, 4.69) is 27.1 Å². The van der Waals surface area contributed by atoms with Crippen molar-refractivity contribution in [2.75, 3.05) is 25.2 Å². The molecule has 0 bridgehead atoms. The van der Waals surface area contributed by atoms with Crippen LogP contribution >= 0.6 is 0 Å². The van der Waals surface area contributed by atoms with Crippen LogP contribution in [0.5, 0.6) is 0 Å². The number of fused-ring (bicyclic) bond motifs is 1. The Hall–Kier alpha value is -4.26. The number of hydrogen-bond acceptors (Lipinski definition) is 6. The first-order valence-electron chi connectivity index (χ1n) is 12.0. The van der Waals surface area contributed by atoms with Gasteiger partial charge in [0.25, 0.3) is 5.91 Å². The minimum Gasteiger partial charge on any atom is -0.373 e. The van der Waals surface area contributed by atoms with Gasteiger partial charge >= 0.3 is 0 Å². The van der Waals surface area contributed by atoms with Gasteiger partial charge in [0.05, 0.1) is 13.2 Å². The van der Waals surface area contributed by atoms with Crippen molar-refractivity contribution < 1.29 is 19.4 Å². The van der Waals surface area contributed by atoms with Gasteiger partial charge in [-0.3, -0.25) is 19.4 Å². The topological polar surface area (TPSA) is 125 Å². The Kier molecular flexibility index (Phi) is 6.61. The summed E-state index contributed by atoms with van der Waals surface area (Å²) in [5, 5.41) is 13.0. The van der Waals surface area contributed by atoms with Crippen molar-refractivity contribution >= 4 is 17.5 Å². The molecule has 0 aliphatic carbocycles. The van der Waals surface area contributed by atoms with Crippen LogP contribution in [0.15, 0.2) is 59.5 Å². The Labute approximate surface area is 213 Å². The number of aromatic amines is 1. The molecule has 1 saturated heterocycles. The van der Waals surface area contributed by atoms with Gasteiger partial charge in [0, 0.05) is 42.7 Å². The molecule has 3 N–H and O–H groups in total. The normalized spacial score (nSPS) is 18.1. The quantitative estimate of drug-likeness (QED) is 0.464. The molecule has 2 aliphatic rings. The number of carbonyl (C=O) groups excluding carboxylic acids is 2. The van der Waals surface area contributed by atoms with Crippen molar-refractivity contribution in [3.05, 3.63) is 93.2 Å². The molecule has 1 atom stereocenters. The van der Waals surface area contributed by atoms with Crippen LogP contribution in [0.1, 0.15) is 39.3 Å². The molecule has 0 radical (unpaired) electrons. The Morgan fingerprint density at radius 2 is 2.08 bits per heavy atom. The molecule has 5 rings (SSSR count). The fourth-order valence-corrected chi connectivity index (χ4v) is 4.39. The predicted molar refractivity (Wildman–Crippen MR) is 136 cm³/mol. The molecule has 2 amide bonds. The first-order valence-corrected chi connectivity index (χ1v) is 12.0. The van der Waals surface area contributed by atoms with Gasteiger partial charge in [0.1, 0.15) is 11.7 Å². The maximum absolute atomic E-state index is 13.3. The van der Waals surface area contributed by atoms with Crippen molar-refractivity contribution in [3.63, 3.8) is 0 Å². The van der Waals surface area contributed by atoms with Gasteiger partial charge in [0.2, 0.25) is 11.5 Å². The molecule has 9 nitrogen and oxygen atoms in total. The number of aliphatic hydroxyl groups is 1. The number of pyridine rings is 2. The molecule has 2 aliphatic heterocycles. The third-order valence-corrected chi connectivity index (χ3v) is 6.48. The fourth-order valence-electron chi connectivity index (χ4n) is 4.39. The number of rotatable bonds is 4. The zero-order valence-electron chi connectivity index (χ0n) is 20.3. The highest BCUT2D eigenvalue weighted by Crippen LogP contribution is 2.27. The molecule has 1 fully saturated rings. The molecule has 4 heterocycles. The van der Waals surface area contributed by atoms with E-state index in [0.29, 0.717) is 24.8 Å². The Bertz CT molecular complexity index is 1480. The highest BCUT2D eigenvalue weighted by Gasteiger charge is 2.34. The van der Waals surface area contributed by atoms with Crippen molar-refractivity contribution in [2.45, 2.75) is 30.9 Å². The second kappa shape index (κ2) is 10.0. The van der Waals surface area contributed by atoms with Crippen LogP contribution in [0.2, 0.25) is 0 Å². The number of nitrogens with zero attached hydrogens (tertiary/aromatic N) is 2. The number of carbonyl (C=O) groups is 2. The molecule has 2 aromatic heterocycles. The lowest BCUT2D eigenvalue weighted by molar-refractivity contribution is -0.140. The average Bonchev–Trinajstić information content (AvgIpc) is 2.98. The number of benzene rings is 1. The number of aryl methyl sites for hydroxylation is 1. The summed E-state index contributed by atoms with van der Waals surface area (Å²) in [7, 11) is 1.68. The molecular weight excluding hydrogens is 472 g/mol. The number of amides is 2. The summed E-state index contributed by atoms with van der Waals surface area (Å²) in [5.74, 6) is 5.12. The zero-order chi connectivity index (χ0) is 26.0. The smallest absolute Gasteiger partial charge is 0.270 e. The van der Waals surface area contributed by atoms with Gasteiger partial charge in [0.15, 0.2) is 5.60 Å². The number of H-pyrrole nitrogens is 1. The highest BCUT2D eigenvalue weighted by molar-refractivity contribution is 6.02. The van der Waals surface area contributed by atoms with Crippen molar-refractivity contribution in [1.82, 2.24) is 15.3 Å². The van der Waals surface area contributed by atoms with Crippen LogP contribution in [-0.2, 0) is 22.4 Å². The minimum atomic E-state index is -1.12. The van der Waals surface area contributed by atoms with Gasteiger partial charge in [-0.1, -0.05) is 24.0 Å². The van der Waals surface area contributed by atoms with Crippen LogP contribution in [0.4, 0.5) is 5.69 Å². The van der Waals surface area contributed by atoms with E-state index < -0.39 is 17.6 Å². The Balaban J connectivity index is 1.29. The summed E-state index contributed by atoms with van der Waals surface area (Å²) in [6.45, 7) is 0.377. The molecule has 9 heteroatoms. The number of nitrogens with one attached hydrogen (secondary N) is 2. The summed E-state index contributed by atoms with van der Waals surface area (Å²) >= 11 is 0. The van der Waals surface area contributed by atoms with Crippen LogP contribution < -0.4 is 15.8 Å². The third-order valence-electron chi connectivity index (χ3n) is 6.48. The number of aromatic nitrogens is 2. The zero-order valence-corrected chi connectivity index (χ0v) is 20.3. The van der Waals surface area contributed by atoms with Gasteiger partial charge in [-0.25, -0.2) is 0 Å². The molecule has 37 heavy (non-hydrogen) atoms. The number of ether oxygens (including phenoxy) is 1. The van der Waals surface area contributed by atoms with Crippen LogP contribution in [0.3, 0.4) is 0 Å². The molecule has 0 spiro atoms. The third kappa shape index (κ3) is 5.45. The fraction of sp³-hybridized carbons (Fsp3) is 0.286. The van der Waals surface area contributed by atoms with Crippen molar-refractivity contribution in [2.24, 2.45) is 0 Å². The van der Waals surface area contributed by atoms with Gasteiger partial charge in [-0.2, -0.15) is 0 Å². The lowest BCUT2D eigenvalue weighted by Gasteiger charge is -2.30. The lowest BCUT2D eigenvalue weighted by Crippen LogP contribution is -2.48. The van der Waals surface area contributed by atoms with Crippen LogP contribution in [0.25, 0.3) is 0 Å². The summed E-state index contributed by atoms with van der Waals surface area (Å²) in [6, 6.07) is 13.3. The van der Waals surface area contributed by atoms with E-state index in [1.807, 2.05) is 18.2 Å². The second-order valence-corrected chi connectivity index (χ2v) is 9.35. The van der Waals surface area contributed by atoms with E-state index in [0.717, 1.165) is 22.5 Å². The van der Waals surface area contributed by atoms with E-state index in [4.69, 9.17) is 4.74 Å². The standard InChI is InChI=1S/C28H26N4O5/c1-32-24-15-18(9-11-28(36)16-37-17-28)5-6-20(24)7-8-22(27(32)35)31-26(34)23-14-19(10-12-29-23)13-21-3-2-4-25(33)30-21/h2-6,10,12,14-15,22,36H,7-8,13,16-17H2,1H3,(H,30,33)(H,31,34)/t22-/m1/s1. The first kappa shape index (κ1) is 24.4. The summed E-state index contributed by atoms with van der Waals surface area (Å²) in [6.07, 6.45) is 3.01. The van der Waals surface area contributed by atoms with Gasteiger partial charge < -0.3 is 25.0 Å². The Morgan fingerprint density at radius 1 is 1.24 bits per heavy atom. The first-order chi connectivity index (χ1) is 17.8. The maximum Gasteiger partial charge on any atom is 0.270 e. The summed E-state index contributed by atoms with van der Waals surface area (Å²) < 4.78 is 5.02. The van der Waals surface area contributed by atoms with E-state index in [9.17, 15) is 19.5 Å². The van der Waals surface area contributed by atoms with Crippen LogP contribution in [-0.4, -0.2) is 58.8 Å². The molecule has 1 aromatic carbocycles. The molecule has 0 unspecified atom stereocenters. The number of likely N-dealkylation sites (N-methyl/N-ethyl adjacent to an activating group) is 1. The van der Waals surface area contributed by atoms with Crippen molar-refractivity contribution in [1.29, 1.82) is 0 Å². The second-order valence-electron chi connectivity index (χ2n) is 9.35. The largest absolute Gasteiger partial charge is 0.373 e. The van der Waals surface area contributed by atoms with Gasteiger partial charge in [-0.15, -0.1) is 0 Å².